The van der Waals surface area contributed by atoms with Gasteiger partial charge in [0.15, 0.2) is 6.61 Å². The summed E-state index contributed by atoms with van der Waals surface area (Å²) in [5.41, 5.74) is 3.20. The van der Waals surface area contributed by atoms with Crippen LogP contribution in [0.3, 0.4) is 0 Å². The number of hydrogen-bond acceptors (Lipinski definition) is 5. The maximum Gasteiger partial charge on any atom is 0.316 e. The quantitative estimate of drug-likeness (QED) is 0.570. The second-order valence-corrected chi connectivity index (χ2v) is 7.07. The summed E-state index contributed by atoms with van der Waals surface area (Å²) in [7, 11) is 3.95. The Labute approximate surface area is 158 Å². The molecule has 0 radical (unpaired) electrons. The lowest BCUT2D eigenvalue weighted by molar-refractivity contribution is -0.145. The van der Waals surface area contributed by atoms with Gasteiger partial charge in [-0.25, -0.2) is 0 Å². The molecule has 0 aromatic heterocycles. The zero-order valence-corrected chi connectivity index (χ0v) is 16.1. The van der Waals surface area contributed by atoms with Crippen LogP contribution in [0, 0.1) is 6.92 Å². The van der Waals surface area contributed by atoms with Crippen molar-refractivity contribution in [1.29, 1.82) is 0 Å². The van der Waals surface area contributed by atoms with E-state index in [4.69, 9.17) is 4.74 Å². The number of anilines is 1. The molecule has 1 N–H and O–H groups in total. The number of rotatable bonds is 8. The zero-order valence-electron chi connectivity index (χ0n) is 15.3. The maximum absolute atomic E-state index is 11.8. The number of nitrogens with zero attached hydrogens (tertiary/aromatic N) is 1. The highest BCUT2D eigenvalue weighted by atomic mass is 32.2. The van der Waals surface area contributed by atoms with Crippen molar-refractivity contribution in [2.45, 2.75) is 18.4 Å². The maximum atomic E-state index is 11.8. The van der Waals surface area contributed by atoms with Gasteiger partial charge in [-0.05, 0) is 36.2 Å². The summed E-state index contributed by atoms with van der Waals surface area (Å²) < 4.78 is 5.03. The van der Waals surface area contributed by atoms with Crippen molar-refractivity contribution in [3.63, 3.8) is 0 Å². The lowest BCUT2D eigenvalue weighted by atomic mass is 10.2. The molecule has 0 bridgehead atoms. The number of esters is 1. The largest absolute Gasteiger partial charge is 0.455 e. The number of ether oxygens (including phenoxy) is 1. The summed E-state index contributed by atoms with van der Waals surface area (Å²) in [6, 6.07) is 15.7. The monoisotopic (exact) mass is 372 g/mol. The van der Waals surface area contributed by atoms with Gasteiger partial charge in [-0.2, -0.15) is 0 Å². The number of carbonyl (C=O) groups is 2. The molecule has 0 fully saturated rings. The van der Waals surface area contributed by atoms with Crippen molar-refractivity contribution in [1.82, 2.24) is 5.32 Å². The molecule has 0 atom stereocenters. The summed E-state index contributed by atoms with van der Waals surface area (Å²) >= 11 is 1.41. The number of hydrogen-bond donors (Lipinski definition) is 1. The molecule has 0 aliphatic rings. The van der Waals surface area contributed by atoms with Crippen LogP contribution >= 0.6 is 11.8 Å². The lowest BCUT2D eigenvalue weighted by Crippen LogP contribution is -2.28. The first-order valence-electron chi connectivity index (χ1n) is 8.32. The van der Waals surface area contributed by atoms with E-state index in [1.165, 1.54) is 11.8 Å². The van der Waals surface area contributed by atoms with Crippen LogP contribution in [0.2, 0.25) is 0 Å². The number of carbonyl (C=O) groups excluding carboxylic acids is 2. The molecular weight excluding hydrogens is 348 g/mol. The van der Waals surface area contributed by atoms with Gasteiger partial charge >= 0.3 is 5.97 Å². The zero-order chi connectivity index (χ0) is 18.9. The molecule has 1 amide bonds. The van der Waals surface area contributed by atoms with E-state index in [1.807, 2.05) is 74.4 Å². The van der Waals surface area contributed by atoms with Crippen LogP contribution < -0.4 is 10.2 Å². The van der Waals surface area contributed by atoms with Gasteiger partial charge in [-0.3, -0.25) is 9.59 Å². The third-order valence-corrected chi connectivity index (χ3v) is 4.89. The van der Waals surface area contributed by atoms with Crippen molar-refractivity contribution in [3.8, 4) is 0 Å². The summed E-state index contributed by atoms with van der Waals surface area (Å²) in [4.78, 5) is 26.6. The minimum absolute atomic E-state index is 0.185. The minimum atomic E-state index is -0.399. The molecule has 138 valence electrons. The predicted octanol–water partition coefficient (Wildman–Crippen LogP) is 3.01. The number of benzene rings is 2. The van der Waals surface area contributed by atoms with Gasteiger partial charge in [0, 0.05) is 31.2 Å². The second kappa shape index (κ2) is 9.87. The molecule has 0 saturated carbocycles. The van der Waals surface area contributed by atoms with Gasteiger partial charge in [0.1, 0.15) is 0 Å². The Bertz CT molecular complexity index is 745. The van der Waals surface area contributed by atoms with Crippen molar-refractivity contribution < 1.29 is 14.3 Å². The first-order chi connectivity index (χ1) is 12.5. The summed E-state index contributed by atoms with van der Waals surface area (Å²) in [6.45, 7) is 2.14. The Morgan fingerprint density at radius 1 is 1.08 bits per heavy atom. The second-order valence-electron chi connectivity index (χ2n) is 6.05. The first-order valence-corrected chi connectivity index (χ1v) is 9.31. The average Bonchev–Trinajstić information content (AvgIpc) is 2.64. The average molecular weight is 372 g/mol. The molecule has 2 aromatic carbocycles. The van der Waals surface area contributed by atoms with Crippen molar-refractivity contribution in [2.75, 3.05) is 31.4 Å². The van der Waals surface area contributed by atoms with E-state index >= 15 is 0 Å². The normalized spacial score (nSPS) is 10.3. The topological polar surface area (TPSA) is 58.6 Å². The molecule has 5 nitrogen and oxygen atoms in total. The van der Waals surface area contributed by atoms with Crippen LogP contribution in [-0.4, -0.2) is 38.3 Å². The van der Waals surface area contributed by atoms with E-state index in [0.717, 1.165) is 21.7 Å². The molecule has 0 aliphatic carbocycles. The molecular formula is C20H24N2O3S. The van der Waals surface area contributed by atoms with E-state index in [-0.39, 0.29) is 18.3 Å². The van der Waals surface area contributed by atoms with Crippen molar-refractivity contribution in [3.05, 3.63) is 59.7 Å². The Balaban J connectivity index is 1.68. The van der Waals surface area contributed by atoms with E-state index in [9.17, 15) is 9.59 Å². The molecule has 0 spiro atoms. The summed E-state index contributed by atoms with van der Waals surface area (Å²) in [5.74, 6) is -0.524. The fourth-order valence-corrected chi connectivity index (χ4v) is 3.03. The van der Waals surface area contributed by atoms with E-state index in [0.29, 0.717) is 6.54 Å². The molecule has 2 rings (SSSR count). The first kappa shape index (κ1) is 19.8. The Morgan fingerprint density at radius 3 is 2.42 bits per heavy atom. The number of aryl methyl sites for hydroxylation is 1. The van der Waals surface area contributed by atoms with E-state index in [1.54, 1.807) is 0 Å². The molecule has 0 aliphatic heterocycles. The smallest absolute Gasteiger partial charge is 0.316 e. The SMILES string of the molecule is Cc1ccccc1SCC(=O)OCC(=O)NCc1ccc(N(C)C)cc1. The highest BCUT2D eigenvalue weighted by Gasteiger charge is 2.09. The molecule has 0 heterocycles. The number of thioether (sulfide) groups is 1. The van der Waals surface area contributed by atoms with Crippen LogP contribution in [0.4, 0.5) is 5.69 Å². The van der Waals surface area contributed by atoms with Crippen LogP contribution in [0.25, 0.3) is 0 Å². The molecule has 0 unspecified atom stereocenters. The van der Waals surface area contributed by atoms with Gasteiger partial charge < -0.3 is 15.0 Å². The fraction of sp³-hybridized carbons (Fsp3) is 0.300. The van der Waals surface area contributed by atoms with Gasteiger partial charge in [-0.1, -0.05) is 30.3 Å². The third-order valence-electron chi connectivity index (χ3n) is 3.75. The summed E-state index contributed by atoms with van der Waals surface area (Å²) in [6.07, 6.45) is 0. The Hall–Kier alpha value is -2.47. The van der Waals surface area contributed by atoms with Gasteiger partial charge in [-0.15, -0.1) is 11.8 Å². The van der Waals surface area contributed by atoms with Crippen LogP contribution in [0.15, 0.2) is 53.4 Å². The van der Waals surface area contributed by atoms with Gasteiger partial charge in [0.05, 0.1) is 5.75 Å². The van der Waals surface area contributed by atoms with Crippen molar-refractivity contribution >= 4 is 29.3 Å². The van der Waals surface area contributed by atoms with Gasteiger partial charge in [0.2, 0.25) is 0 Å². The predicted molar refractivity (Wildman–Crippen MR) is 105 cm³/mol. The number of amides is 1. The fourth-order valence-electron chi connectivity index (χ4n) is 2.21. The molecule has 0 saturated heterocycles. The summed E-state index contributed by atoms with van der Waals surface area (Å²) in [5, 5.41) is 2.75. The lowest BCUT2D eigenvalue weighted by Gasteiger charge is -2.13. The molecule has 2 aromatic rings. The highest BCUT2D eigenvalue weighted by Crippen LogP contribution is 2.21. The minimum Gasteiger partial charge on any atom is -0.455 e. The Morgan fingerprint density at radius 2 is 1.77 bits per heavy atom. The molecule has 26 heavy (non-hydrogen) atoms. The third kappa shape index (κ3) is 6.44. The van der Waals surface area contributed by atoms with E-state index in [2.05, 4.69) is 5.32 Å². The molecule has 6 heteroatoms. The highest BCUT2D eigenvalue weighted by molar-refractivity contribution is 8.00. The van der Waals surface area contributed by atoms with Gasteiger partial charge in [0.25, 0.3) is 5.91 Å². The standard InChI is InChI=1S/C20H24N2O3S/c1-15-6-4-5-7-18(15)26-14-20(24)25-13-19(23)21-12-16-8-10-17(11-9-16)22(2)3/h4-11H,12-14H2,1-3H3,(H,21,23). The van der Waals surface area contributed by atoms with E-state index < -0.39 is 5.97 Å². The van der Waals surface area contributed by atoms with Crippen molar-refractivity contribution in [2.24, 2.45) is 0 Å². The van der Waals surface area contributed by atoms with Crippen LogP contribution in [0.5, 0.6) is 0 Å². The van der Waals surface area contributed by atoms with Crippen LogP contribution in [-0.2, 0) is 20.9 Å². The Kier molecular flexibility index (Phi) is 7.53. The van der Waals surface area contributed by atoms with Crippen LogP contribution in [0.1, 0.15) is 11.1 Å². The number of nitrogens with one attached hydrogen (secondary N) is 1.